The van der Waals surface area contributed by atoms with E-state index >= 15 is 0 Å². The van der Waals surface area contributed by atoms with Gasteiger partial charge in [-0.05, 0) is 80.3 Å². The number of carbonyl (C=O) groups is 2. The number of amides is 2. The maximum absolute atomic E-state index is 12.5. The highest BCUT2D eigenvalue weighted by atomic mass is 16.5. The molecule has 0 atom stereocenters. The first-order valence-electron chi connectivity index (χ1n) is 14.8. The molecule has 2 aliphatic rings. The van der Waals surface area contributed by atoms with Crippen molar-refractivity contribution in [3.8, 4) is 5.69 Å². The summed E-state index contributed by atoms with van der Waals surface area (Å²) in [6, 6.07) is 18.0. The normalized spacial score (nSPS) is 14.1. The van der Waals surface area contributed by atoms with Crippen LogP contribution in [0.2, 0.25) is 0 Å². The molecule has 43 heavy (non-hydrogen) atoms. The van der Waals surface area contributed by atoms with E-state index in [1.807, 2.05) is 61.5 Å². The Labute approximate surface area is 253 Å². The van der Waals surface area contributed by atoms with Crippen molar-refractivity contribution < 1.29 is 14.3 Å². The number of ether oxygens (including phenoxy) is 1. The van der Waals surface area contributed by atoms with Crippen molar-refractivity contribution in [1.29, 1.82) is 0 Å². The third-order valence-electron chi connectivity index (χ3n) is 7.65. The molecule has 0 bridgehead atoms. The predicted octanol–water partition coefficient (Wildman–Crippen LogP) is 5.71. The summed E-state index contributed by atoms with van der Waals surface area (Å²) in [5.74, 6) is 0.826. The van der Waals surface area contributed by atoms with Gasteiger partial charge in [0.2, 0.25) is 12.3 Å². The number of piperidine rings is 1. The molecule has 1 fully saturated rings. The molecule has 0 saturated carbocycles. The lowest BCUT2D eigenvalue weighted by atomic mass is 9.93. The average molecular weight is 583 g/mol. The largest absolute Gasteiger partial charge is 0.382 e. The highest BCUT2D eigenvalue weighted by Gasteiger charge is 2.25. The molecule has 0 radical (unpaired) electrons. The monoisotopic (exact) mass is 582 g/mol. The van der Waals surface area contributed by atoms with Crippen LogP contribution in [0.1, 0.15) is 49.4 Å². The Morgan fingerprint density at radius 2 is 1.79 bits per heavy atom. The Morgan fingerprint density at radius 1 is 1.09 bits per heavy atom. The molecule has 0 unspecified atom stereocenters. The molecule has 226 valence electrons. The highest BCUT2D eigenvalue weighted by molar-refractivity contribution is 5.92. The van der Waals surface area contributed by atoms with Gasteiger partial charge >= 0.3 is 0 Å². The number of likely N-dealkylation sites (tertiary alicyclic amines) is 1. The van der Waals surface area contributed by atoms with E-state index < -0.39 is 0 Å². The van der Waals surface area contributed by atoms with Crippen LogP contribution in [0, 0.1) is 5.92 Å². The van der Waals surface area contributed by atoms with E-state index in [1.54, 1.807) is 18.1 Å². The smallest absolute Gasteiger partial charge is 0.224 e. The first kappa shape index (κ1) is 31.4. The highest BCUT2D eigenvalue weighted by Crippen LogP contribution is 2.36. The number of hydrogen-bond donors (Lipinski definition) is 2. The van der Waals surface area contributed by atoms with Crippen molar-refractivity contribution in [2.75, 3.05) is 31.2 Å². The number of fused-ring (bicyclic) bond motifs is 3. The number of methoxy groups -OCH3 is 1. The molecule has 3 N–H and O–H groups in total. The summed E-state index contributed by atoms with van der Waals surface area (Å²) < 4.78 is 7.09. The Hall–Kier alpha value is -4.50. The zero-order valence-corrected chi connectivity index (χ0v) is 25.2. The van der Waals surface area contributed by atoms with Gasteiger partial charge in [0.05, 0.1) is 12.1 Å². The zero-order chi connectivity index (χ0) is 30.6. The number of rotatable bonds is 7. The quantitative estimate of drug-likeness (QED) is 0.213. The van der Waals surface area contributed by atoms with Crippen LogP contribution in [-0.2, 0) is 33.8 Å². The molecule has 2 aromatic carbocycles. The van der Waals surface area contributed by atoms with Crippen LogP contribution in [0.4, 0.5) is 11.5 Å². The van der Waals surface area contributed by atoms with Crippen molar-refractivity contribution >= 4 is 34.9 Å². The summed E-state index contributed by atoms with van der Waals surface area (Å²) in [5, 5.41) is 3.01. The molecule has 3 heterocycles. The molecule has 2 aromatic heterocycles. The minimum atomic E-state index is 0.0160. The van der Waals surface area contributed by atoms with Gasteiger partial charge in [-0.3, -0.25) is 9.59 Å². The van der Waals surface area contributed by atoms with Crippen LogP contribution in [0.15, 0.2) is 73.6 Å². The average Bonchev–Trinajstić information content (AvgIpc) is 3.62. The number of hydrogen-bond acceptors (Lipinski definition) is 6. The topological polar surface area (TPSA) is 115 Å². The van der Waals surface area contributed by atoms with Crippen molar-refractivity contribution in [2.45, 2.75) is 52.1 Å². The molecule has 2 amide bonds. The fourth-order valence-electron chi connectivity index (χ4n) is 5.65. The number of nitrogens with zero attached hydrogens (tertiary/aromatic N) is 4. The van der Waals surface area contributed by atoms with Gasteiger partial charge < -0.3 is 25.3 Å². The van der Waals surface area contributed by atoms with Gasteiger partial charge in [0.25, 0.3) is 0 Å². The van der Waals surface area contributed by atoms with Crippen molar-refractivity contribution in [3.05, 3.63) is 90.4 Å². The summed E-state index contributed by atoms with van der Waals surface area (Å²) in [6.07, 6.45) is 9.52. The molecule has 6 rings (SSSR count). The number of anilines is 2. The molecular formula is C34H42N6O3. The summed E-state index contributed by atoms with van der Waals surface area (Å²) >= 11 is 0. The van der Waals surface area contributed by atoms with Gasteiger partial charge in [-0.1, -0.05) is 36.4 Å². The van der Waals surface area contributed by atoms with Crippen molar-refractivity contribution in [1.82, 2.24) is 19.4 Å². The zero-order valence-electron chi connectivity index (χ0n) is 25.2. The second-order valence-electron chi connectivity index (χ2n) is 10.8. The summed E-state index contributed by atoms with van der Waals surface area (Å²) in [7, 11) is 1.70. The van der Waals surface area contributed by atoms with Crippen LogP contribution in [0.25, 0.3) is 16.7 Å². The predicted molar refractivity (Wildman–Crippen MR) is 172 cm³/mol. The van der Waals surface area contributed by atoms with Gasteiger partial charge in [-0.15, -0.1) is 6.58 Å². The molecule has 1 aliphatic carbocycles. The fraction of sp³-hybridized carbons (Fsp3) is 0.353. The molecule has 1 aliphatic heterocycles. The maximum Gasteiger partial charge on any atom is 0.224 e. The lowest BCUT2D eigenvalue weighted by molar-refractivity contribution is -0.120. The Kier molecular flexibility index (Phi) is 11.4. The van der Waals surface area contributed by atoms with Crippen LogP contribution in [0.5, 0.6) is 0 Å². The molecule has 4 aromatic rings. The van der Waals surface area contributed by atoms with E-state index in [0.717, 1.165) is 74.0 Å². The maximum atomic E-state index is 12.5. The van der Waals surface area contributed by atoms with Crippen molar-refractivity contribution in [2.24, 2.45) is 5.92 Å². The van der Waals surface area contributed by atoms with E-state index in [9.17, 15) is 9.59 Å². The van der Waals surface area contributed by atoms with Gasteiger partial charge in [0, 0.05) is 43.7 Å². The SMILES string of the molecule is C=CC.COCc1ccccc1.Nc1ncnc2c3c(n(-c4ccc(NC(=O)CC5CCN(C=O)CC5)cc4)c12)CCC3. The number of nitrogens with two attached hydrogens (primary N) is 1. The van der Waals surface area contributed by atoms with Gasteiger partial charge in [-0.25, -0.2) is 9.97 Å². The number of aryl methyl sites for hydroxylation is 1. The Morgan fingerprint density at radius 3 is 2.44 bits per heavy atom. The third kappa shape index (κ3) is 8.08. The number of nitrogen functional groups attached to an aromatic ring is 1. The number of allylic oxidation sites excluding steroid dienone is 1. The summed E-state index contributed by atoms with van der Waals surface area (Å²) in [6.45, 7) is 7.43. The number of nitrogens with one attached hydrogen (secondary N) is 1. The van der Waals surface area contributed by atoms with Gasteiger partial charge in [0.1, 0.15) is 11.8 Å². The molecule has 9 heteroatoms. The lowest BCUT2D eigenvalue weighted by Gasteiger charge is -2.28. The fourth-order valence-corrected chi connectivity index (χ4v) is 5.65. The number of carbonyl (C=O) groups excluding carboxylic acids is 2. The minimum Gasteiger partial charge on any atom is -0.382 e. The van der Waals surface area contributed by atoms with Crippen LogP contribution < -0.4 is 11.1 Å². The summed E-state index contributed by atoms with van der Waals surface area (Å²) in [5.41, 5.74) is 13.5. The van der Waals surface area contributed by atoms with E-state index in [0.29, 0.717) is 24.8 Å². The molecule has 1 saturated heterocycles. The Balaban J connectivity index is 0.000000297. The standard InChI is InChI=1S/C23H26N6O2.C8H10O.C3H6/c24-23-22-21(25-13-26-23)18-2-1-3-19(18)29(22)17-6-4-16(5-7-17)27-20(31)12-15-8-10-28(14-30)11-9-15;1-9-7-8-5-3-2-4-6-8;1-3-2/h4-7,13-15H,1-3,8-12H2,(H,27,31)(H2,24,25,26);2-6H,7H2,1H3;3H,1H2,2H3. The van der Waals surface area contributed by atoms with E-state index in [2.05, 4.69) is 26.4 Å². The van der Waals surface area contributed by atoms with Gasteiger partial charge in [0.15, 0.2) is 5.82 Å². The second-order valence-corrected chi connectivity index (χ2v) is 10.8. The van der Waals surface area contributed by atoms with Gasteiger partial charge in [-0.2, -0.15) is 0 Å². The van der Waals surface area contributed by atoms with Crippen LogP contribution >= 0.6 is 0 Å². The number of benzene rings is 2. The van der Waals surface area contributed by atoms with Crippen LogP contribution in [-0.4, -0.2) is 52.0 Å². The molecule has 9 nitrogen and oxygen atoms in total. The van der Waals surface area contributed by atoms with Crippen LogP contribution in [0.3, 0.4) is 0 Å². The second kappa shape index (κ2) is 15.7. The van der Waals surface area contributed by atoms with Crippen molar-refractivity contribution in [3.63, 3.8) is 0 Å². The molecular weight excluding hydrogens is 540 g/mol. The van der Waals surface area contributed by atoms with E-state index in [-0.39, 0.29) is 5.91 Å². The first-order valence-corrected chi connectivity index (χ1v) is 14.8. The summed E-state index contributed by atoms with van der Waals surface area (Å²) in [4.78, 5) is 33.8. The Bertz CT molecular complexity index is 1490. The first-order chi connectivity index (χ1) is 21.0. The molecule has 0 spiro atoms. The van der Waals surface area contributed by atoms with E-state index in [4.69, 9.17) is 10.5 Å². The lowest BCUT2D eigenvalue weighted by Crippen LogP contribution is -2.33. The van der Waals surface area contributed by atoms with E-state index in [1.165, 1.54) is 23.1 Å². The number of aromatic nitrogens is 3. The minimum absolute atomic E-state index is 0.0160. The third-order valence-corrected chi connectivity index (χ3v) is 7.65.